The minimum absolute atomic E-state index is 1.15. The van der Waals surface area contributed by atoms with Crippen molar-refractivity contribution in [1.82, 2.24) is 0 Å². The fourth-order valence-electron chi connectivity index (χ4n) is 4.62. The second-order valence-electron chi connectivity index (χ2n) is 8.36. The maximum absolute atomic E-state index is 7.74. The van der Waals surface area contributed by atoms with Crippen LogP contribution in [0, 0.1) is 0 Å². The zero-order valence-corrected chi connectivity index (χ0v) is 22.1. The van der Waals surface area contributed by atoms with E-state index in [0.29, 0.717) is 0 Å². The molecule has 0 nitrogen and oxygen atoms in total. The number of halogens is 2. The maximum atomic E-state index is 7.74. The van der Waals surface area contributed by atoms with E-state index in [1.807, 2.05) is 24.3 Å². The summed E-state index contributed by atoms with van der Waals surface area (Å²) in [7, 11) is -5.51. The van der Waals surface area contributed by atoms with E-state index in [-0.39, 0.29) is 0 Å². The average molecular weight is 512 g/mol. The summed E-state index contributed by atoms with van der Waals surface area (Å²) < 4.78 is 0. The third kappa shape index (κ3) is 4.08. The fraction of sp³-hybridized carbons (Fsp3) is 0. The van der Waals surface area contributed by atoms with E-state index in [9.17, 15) is 0 Å². The molecule has 0 aliphatic rings. The standard InChI is InChI=1S/C30H24Cl2Si2/c31-33(25-14-5-1-6-15-25,26-16-7-2-8-17-26)29-22-13-23-30(24-29)34(32,27-18-9-3-10-19-27)28-20-11-4-12-21-28/h1-24H. The first-order valence-electron chi connectivity index (χ1n) is 11.3. The summed E-state index contributed by atoms with van der Waals surface area (Å²) >= 11 is 15.5. The molecule has 5 rings (SSSR count). The first-order valence-corrected chi connectivity index (χ1v) is 17.4. The molecule has 0 atom stereocenters. The SMILES string of the molecule is Cl[Si](c1ccccc1)(c1ccccc1)c1cccc([Si](Cl)(c2ccccc2)c2ccccc2)c1. The highest BCUT2D eigenvalue weighted by atomic mass is 35.6. The van der Waals surface area contributed by atoms with Gasteiger partial charge in [0.15, 0.2) is 0 Å². The summed E-state index contributed by atoms with van der Waals surface area (Å²) in [6.45, 7) is 0. The Bertz CT molecular complexity index is 1180. The van der Waals surface area contributed by atoms with Gasteiger partial charge in [0, 0.05) is 0 Å². The smallest absolute Gasteiger partial charge is 0.149 e. The Hall–Kier alpha value is -2.89. The first kappa shape index (κ1) is 22.9. The lowest BCUT2D eigenvalue weighted by atomic mass is 10.3. The van der Waals surface area contributed by atoms with Crippen molar-refractivity contribution >= 4 is 68.0 Å². The number of hydrogen-bond acceptors (Lipinski definition) is 0. The van der Waals surface area contributed by atoms with Crippen molar-refractivity contribution in [2.75, 3.05) is 0 Å². The molecule has 0 aliphatic carbocycles. The van der Waals surface area contributed by atoms with Gasteiger partial charge in [0.2, 0.25) is 14.8 Å². The Balaban J connectivity index is 1.74. The third-order valence-electron chi connectivity index (χ3n) is 6.34. The Morgan fingerprint density at radius 2 is 0.529 bits per heavy atom. The van der Waals surface area contributed by atoms with E-state index in [0.717, 1.165) is 10.4 Å². The molecule has 0 aliphatic heterocycles. The summed E-state index contributed by atoms with van der Waals surface area (Å²) in [4.78, 5) is 0. The van der Waals surface area contributed by atoms with Crippen LogP contribution in [-0.2, 0) is 0 Å². The van der Waals surface area contributed by atoms with Gasteiger partial charge in [-0.2, -0.15) is 0 Å². The van der Waals surface area contributed by atoms with E-state index in [4.69, 9.17) is 22.2 Å². The van der Waals surface area contributed by atoms with E-state index in [2.05, 4.69) is 121 Å². The predicted molar refractivity (Wildman–Crippen MR) is 153 cm³/mol. The molecule has 0 saturated heterocycles. The minimum atomic E-state index is -2.75. The van der Waals surface area contributed by atoms with Crippen LogP contribution >= 0.6 is 22.2 Å². The average Bonchev–Trinajstić information content (AvgIpc) is 2.94. The quantitative estimate of drug-likeness (QED) is 0.183. The topological polar surface area (TPSA) is 0 Å². The van der Waals surface area contributed by atoms with Crippen molar-refractivity contribution in [2.24, 2.45) is 0 Å². The van der Waals surface area contributed by atoms with Gasteiger partial charge in [0.05, 0.1) is 0 Å². The fourth-order valence-corrected chi connectivity index (χ4v) is 12.9. The summed E-state index contributed by atoms with van der Waals surface area (Å²) in [6, 6.07) is 50.7. The number of hydrogen-bond donors (Lipinski definition) is 0. The van der Waals surface area contributed by atoms with Crippen LogP contribution in [-0.4, -0.2) is 14.8 Å². The Morgan fingerprint density at radius 1 is 0.294 bits per heavy atom. The summed E-state index contributed by atoms with van der Waals surface area (Å²) in [5, 5.41) is 6.96. The molecular weight excluding hydrogens is 487 g/mol. The van der Waals surface area contributed by atoms with Crippen molar-refractivity contribution in [1.29, 1.82) is 0 Å². The number of benzene rings is 5. The Labute approximate surface area is 212 Å². The van der Waals surface area contributed by atoms with Crippen LogP contribution in [0.15, 0.2) is 146 Å². The molecule has 0 unspecified atom stereocenters. The van der Waals surface area contributed by atoms with Gasteiger partial charge in [0.1, 0.15) is 0 Å². The highest BCUT2D eigenvalue weighted by Crippen LogP contribution is 2.15. The van der Waals surface area contributed by atoms with Gasteiger partial charge >= 0.3 is 0 Å². The number of rotatable bonds is 6. The molecule has 166 valence electrons. The van der Waals surface area contributed by atoms with Crippen LogP contribution in [0.25, 0.3) is 0 Å². The minimum Gasteiger partial charge on any atom is -0.149 e. The normalized spacial score (nSPS) is 11.8. The lowest BCUT2D eigenvalue weighted by molar-refractivity contribution is 1.70. The lowest BCUT2D eigenvalue weighted by Gasteiger charge is -2.30. The van der Waals surface area contributed by atoms with Crippen LogP contribution in [0.5, 0.6) is 0 Å². The van der Waals surface area contributed by atoms with Crippen LogP contribution in [0.2, 0.25) is 0 Å². The molecule has 4 heteroatoms. The van der Waals surface area contributed by atoms with Gasteiger partial charge in [-0.25, -0.2) is 0 Å². The van der Waals surface area contributed by atoms with Gasteiger partial charge in [-0.3, -0.25) is 0 Å². The van der Waals surface area contributed by atoms with Crippen molar-refractivity contribution in [3.05, 3.63) is 146 Å². The largest absolute Gasteiger partial charge is 0.247 e. The van der Waals surface area contributed by atoms with Crippen LogP contribution < -0.4 is 31.1 Å². The molecule has 0 spiro atoms. The van der Waals surface area contributed by atoms with Crippen molar-refractivity contribution < 1.29 is 0 Å². The van der Waals surface area contributed by atoms with E-state index >= 15 is 0 Å². The molecule has 0 saturated carbocycles. The Kier molecular flexibility index (Phi) is 6.58. The van der Waals surface area contributed by atoms with Crippen molar-refractivity contribution in [3.63, 3.8) is 0 Å². The summed E-state index contributed by atoms with van der Waals surface area (Å²) in [5.41, 5.74) is 0. The van der Waals surface area contributed by atoms with E-state index in [1.165, 1.54) is 20.7 Å². The van der Waals surface area contributed by atoms with Crippen LogP contribution in [0.3, 0.4) is 0 Å². The molecule has 0 aromatic heterocycles. The Morgan fingerprint density at radius 3 is 0.794 bits per heavy atom. The highest BCUT2D eigenvalue weighted by molar-refractivity contribution is 7.42. The molecule has 5 aromatic carbocycles. The van der Waals surface area contributed by atoms with Crippen LogP contribution in [0.4, 0.5) is 0 Å². The molecule has 5 aromatic rings. The van der Waals surface area contributed by atoms with E-state index in [1.54, 1.807) is 0 Å². The zero-order chi connectivity index (χ0) is 23.4. The molecule has 0 amide bonds. The van der Waals surface area contributed by atoms with Gasteiger partial charge < -0.3 is 0 Å². The van der Waals surface area contributed by atoms with Crippen molar-refractivity contribution in [2.45, 2.75) is 0 Å². The third-order valence-corrected chi connectivity index (χ3v) is 17.0. The van der Waals surface area contributed by atoms with Crippen molar-refractivity contribution in [3.8, 4) is 0 Å². The lowest BCUT2D eigenvalue weighted by Crippen LogP contribution is -2.66. The van der Waals surface area contributed by atoms with E-state index < -0.39 is 14.8 Å². The van der Waals surface area contributed by atoms with Gasteiger partial charge in [-0.05, 0) is 31.1 Å². The second-order valence-corrected chi connectivity index (χ2v) is 17.9. The first-order chi connectivity index (χ1) is 16.6. The molecule has 34 heavy (non-hydrogen) atoms. The summed E-state index contributed by atoms with van der Waals surface area (Å²) in [6.07, 6.45) is 0. The van der Waals surface area contributed by atoms with Crippen LogP contribution in [0.1, 0.15) is 0 Å². The molecule has 0 N–H and O–H groups in total. The molecule has 0 fully saturated rings. The second kappa shape index (κ2) is 9.77. The molecule has 0 bridgehead atoms. The van der Waals surface area contributed by atoms with Gasteiger partial charge in [0.25, 0.3) is 0 Å². The molecule has 0 heterocycles. The summed E-state index contributed by atoms with van der Waals surface area (Å²) in [5.74, 6) is 0. The molecular formula is C30H24Cl2Si2. The molecule has 0 radical (unpaired) electrons. The van der Waals surface area contributed by atoms with Gasteiger partial charge in [-0.1, -0.05) is 146 Å². The monoisotopic (exact) mass is 510 g/mol. The predicted octanol–water partition coefficient (Wildman–Crippen LogP) is 4.10. The highest BCUT2D eigenvalue weighted by Gasteiger charge is 2.41. The maximum Gasteiger partial charge on any atom is 0.247 e. The zero-order valence-electron chi connectivity index (χ0n) is 18.6. The van der Waals surface area contributed by atoms with Gasteiger partial charge in [-0.15, -0.1) is 22.2 Å².